The molecule has 3 rings (SSSR count). The number of ether oxygens (including phenoxy) is 2. The van der Waals surface area contributed by atoms with Crippen molar-refractivity contribution in [3.05, 3.63) is 35.9 Å². The number of carbonyl (C=O) groups excluding carboxylic acids is 4. The van der Waals surface area contributed by atoms with Crippen LogP contribution in [0.15, 0.2) is 30.3 Å². The Hall–Kier alpha value is -3.14. The molecular weight excluding hydrogens is 348 g/mol. The lowest BCUT2D eigenvalue weighted by molar-refractivity contribution is -0.306. The highest BCUT2D eigenvalue weighted by molar-refractivity contribution is 5.88. The fourth-order valence-electron chi connectivity index (χ4n) is 2.32. The summed E-state index contributed by atoms with van der Waals surface area (Å²) in [5.41, 5.74) is 0.790. The van der Waals surface area contributed by atoms with Gasteiger partial charge in [-0.05, 0) is 10.8 Å². The lowest BCUT2D eigenvalue weighted by Gasteiger charge is -2.15. The second-order valence-corrected chi connectivity index (χ2v) is 5.58. The van der Waals surface area contributed by atoms with Crippen LogP contribution in [0.4, 0.5) is 4.79 Å². The summed E-state index contributed by atoms with van der Waals surface area (Å²) in [4.78, 5) is 56.3. The van der Waals surface area contributed by atoms with Gasteiger partial charge in [0.25, 0.3) is 0 Å². The molecule has 0 bridgehead atoms. The first-order valence-corrected chi connectivity index (χ1v) is 7.88. The minimum absolute atomic E-state index is 0.0419. The summed E-state index contributed by atoms with van der Waals surface area (Å²) in [6.07, 6.45) is -1.60. The zero-order valence-electron chi connectivity index (χ0n) is 13.6. The topological polar surface area (TPSA) is 120 Å². The molecule has 138 valence electrons. The van der Waals surface area contributed by atoms with Crippen molar-refractivity contribution in [2.45, 2.75) is 31.6 Å². The Morgan fingerprint density at radius 3 is 2.69 bits per heavy atom. The number of esters is 1. The fraction of sp³-hybridized carbons (Fsp3) is 0.375. The average Bonchev–Trinajstić information content (AvgIpc) is 3.22. The monoisotopic (exact) mass is 364 g/mol. The third-order valence-electron chi connectivity index (χ3n) is 3.66. The molecule has 2 heterocycles. The number of carbonyl (C=O) groups is 4. The van der Waals surface area contributed by atoms with Gasteiger partial charge in [-0.1, -0.05) is 30.3 Å². The summed E-state index contributed by atoms with van der Waals surface area (Å²) in [6, 6.07) is 7.96. The molecule has 1 unspecified atom stereocenters. The van der Waals surface area contributed by atoms with Gasteiger partial charge in [-0.25, -0.2) is 14.4 Å². The Labute approximate surface area is 147 Å². The Morgan fingerprint density at radius 1 is 1.23 bits per heavy atom. The second kappa shape index (κ2) is 7.83. The van der Waals surface area contributed by atoms with Crippen molar-refractivity contribution in [3.63, 3.8) is 0 Å². The van der Waals surface area contributed by atoms with Crippen molar-refractivity contribution in [1.82, 2.24) is 10.5 Å². The number of cyclic esters (lactones) is 1. The lowest BCUT2D eigenvalue weighted by atomic mass is 10.2. The van der Waals surface area contributed by atoms with Crippen molar-refractivity contribution in [2.24, 2.45) is 0 Å². The largest absolute Gasteiger partial charge is 0.450 e. The molecule has 10 nitrogen and oxygen atoms in total. The third kappa shape index (κ3) is 4.28. The van der Waals surface area contributed by atoms with Crippen molar-refractivity contribution in [1.29, 1.82) is 0 Å². The van der Waals surface area contributed by atoms with Crippen molar-refractivity contribution >= 4 is 23.9 Å². The molecule has 2 saturated heterocycles. The minimum Gasteiger partial charge on any atom is -0.450 e. The van der Waals surface area contributed by atoms with Crippen LogP contribution < -0.4 is 5.32 Å². The van der Waals surface area contributed by atoms with Crippen LogP contribution in [-0.4, -0.2) is 47.9 Å². The first-order chi connectivity index (χ1) is 12.5. The summed E-state index contributed by atoms with van der Waals surface area (Å²) >= 11 is 0. The first-order valence-electron chi connectivity index (χ1n) is 7.88. The van der Waals surface area contributed by atoms with E-state index >= 15 is 0 Å². The van der Waals surface area contributed by atoms with E-state index in [9.17, 15) is 19.2 Å². The van der Waals surface area contributed by atoms with Crippen molar-refractivity contribution in [2.75, 3.05) is 6.61 Å². The molecule has 1 aromatic rings. The number of hydroxylamine groups is 2. The molecule has 2 aliphatic heterocycles. The highest BCUT2D eigenvalue weighted by Gasteiger charge is 2.40. The second-order valence-electron chi connectivity index (χ2n) is 5.58. The van der Waals surface area contributed by atoms with E-state index in [-0.39, 0.29) is 26.1 Å². The Balaban J connectivity index is 1.44. The molecule has 26 heavy (non-hydrogen) atoms. The van der Waals surface area contributed by atoms with E-state index in [4.69, 9.17) is 19.1 Å². The number of nitrogens with zero attached hydrogens (tertiary/aromatic N) is 1. The first kappa shape index (κ1) is 17.7. The van der Waals surface area contributed by atoms with Crippen LogP contribution in [0.1, 0.15) is 18.4 Å². The minimum atomic E-state index is -1.07. The van der Waals surface area contributed by atoms with Gasteiger partial charge < -0.3 is 19.6 Å². The maximum atomic E-state index is 12.1. The van der Waals surface area contributed by atoms with Gasteiger partial charge in [-0.3, -0.25) is 9.59 Å². The third-order valence-corrected chi connectivity index (χ3v) is 3.66. The van der Waals surface area contributed by atoms with Crippen LogP contribution in [0.2, 0.25) is 0 Å². The van der Waals surface area contributed by atoms with Crippen LogP contribution in [0.25, 0.3) is 0 Å². The van der Waals surface area contributed by atoms with Gasteiger partial charge in [0.05, 0.1) is 0 Å². The zero-order chi connectivity index (χ0) is 18.5. The van der Waals surface area contributed by atoms with Crippen LogP contribution in [0.3, 0.4) is 0 Å². The van der Waals surface area contributed by atoms with Gasteiger partial charge in [0.15, 0.2) is 0 Å². The number of benzene rings is 1. The van der Waals surface area contributed by atoms with Gasteiger partial charge in [-0.2, -0.15) is 0 Å². The summed E-state index contributed by atoms with van der Waals surface area (Å²) in [6.45, 7) is -0.183. The van der Waals surface area contributed by atoms with E-state index in [1.807, 2.05) is 6.07 Å². The number of hydrogen-bond acceptors (Lipinski definition) is 8. The molecular formula is C16H16N2O8. The van der Waals surface area contributed by atoms with E-state index < -0.39 is 36.1 Å². The van der Waals surface area contributed by atoms with Crippen molar-refractivity contribution in [3.8, 4) is 0 Å². The molecule has 0 aliphatic carbocycles. The SMILES string of the molecule is O=C1CCC(C(=O)ON2OC[C@@H](NC(=O)OCc3ccccc3)C2=O)O1. The fourth-order valence-corrected chi connectivity index (χ4v) is 2.32. The predicted molar refractivity (Wildman–Crippen MR) is 81.6 cm³/mol. The van der Waals surface area contributed by atoms with Crippen LogP contribution in [-0.2, 0) is 40.1 Å². The van der Waals surface area contributed by atoms with E-state index in [2.05, 4.69) is 5.32 Å². The molecule has 2 atom stereocenters. The molecule has 0 spiro atoms. The quantitative estimate of drug-likeness (QED) is 0.737. The van der Waals surface area contributed by atoms with Crippen LogP contribution in [0, 0.1) is 0 Å². The predicted octanol–water partition coefficient (Wildman–Crippen LogP) is 0.219. The maximum Gasteiger partial charge on any atom is 0.408 e. The van der Waals surface area contributed by atoms with Gasteiger partial charge in [-0.15, -0.1) is 0 Å². The summed E-state index contributed by atoms with van der Waals surface area (Å²) in [5, 5.41) is 2.70. The molecule has 0 radical (unpaired) electrons. The highest BCUT2D eigenvalue weighted by atomic mass is 17.0. The zero-order valence-corrected chi connectivity index (χ0v) is 13.6. The molecule has 2 amide bonds. The summed E-state index contributed by atoms with van der Waals surface area (Å²) < 4.78 is 9.74. The number of alkyl carbamates (subject to hydrolysis) is 1. The van der Waals surface area contributed by atoms with Gasteiger partial charge in [0, 0.05) is 12.8 Å². The molecule has 1 aromatic carbocycles. The lowest BCUT2D eigenvalue weighted by Crippen LogP contribution is -2.43. The summed E-state index contributed by atoms with van der Waals surface area (Å²) in [5.74, 6) is -2.21. The molecule has 0 aromatic heterocycles. The normalized spacial score (nSPS) is 22.1. The Kier molecular flexibility index (Phi) is 5.32. The number of nitrogens with one attached hydrogen (secondary N) is 1. The van der Waals surface area contributed by atoms with E-state index in [1.54, 1.807) is 24.3 Å². The van der Waals surface area contributed by atoms with E-state index in [1.165, 1.54) is 0 Å². The van der Waals surface area contributed by atoms with Gasteiger partial charge >= 0.3 is 23.9 Å². The number of rotatable bonds is 5. The van der Waals surface area contributed by atoms with Crippen LogP contribution >= 0.6 is 0 Å². The smallest absolute Gasteiger partial charge is 0.408 e. The van der Waals surface area contributed by atoms with Gasteiger partial charge in [0.2, 0.25) is 6.10 Å². The number of hydrogen-bond donors (Lipinski definition) is 1. The number of amides is 2. The van der Waals surface area contributed by atoms with E-state index in [0.29, 0.717) is 5.23 Å². The van der Waals surface area contributed by atoms with E-state index in [0.717, 1.165) is 5.56 Å². The molecule has 1 N–H and O–H groups in total. The van der Waals surface area contributed by atoms with Gasteiger partial charge in [0.1, 0.15) is 19.3 Å². The Morgan fingerprint density at radius 2 is 2.00 bits per heavy atom. The molecule has 2 fully saturated rings. The molecule has 2 aliphatic rings. The van der Waals surface area contributed by atoms with Crippen molar-refractivity contribution < 1.29 is 38.3 Å². The highest BCUT2D eigenvalue weighted by Crippen LogP contribution is 2.17. The standard InChI is InChI=1S/C16H16N2O8/c19-13-7-6-12(25-13)15(21)26-18-14(20)11(9-24-18)17-16(22)23-8-10-4-2-1-3-5-10/h1-5,11-12H,6-9H2,(H,17,22)/t11-,12?/m1/s1. The molecule has 0 saturated carbocycles. The molecule has 10 heteroatoms. The van der Waals surface area contributed by atoms with Crippen LogP contribution in [0.5, 0.6) is 0 Å². The average molecular weight is 364 g/mol. The summed E-state index contributed by atoms with van der Waals surface area (Å²) in [7, 11) is 0. The maximum absolute atomic E-state index is 12.1. The Bertz CT molecular complexity index is 707.